The fourth-order valence-electron chi connectivity index (χ4n) is 3.46. The maximum atomic E-state index is 14.0. The monoisotopic (exact) mass is 428 g/mol. The van der Waals surface area contributed by atoms with Crippen LogP contribution in [0.2, 0.25) is 0 Å². The van der Waals surface area contributed by atoms with E-state index >= 15 is 0 Å². The van der Waals surface area contributed by atoms with Gasteiger partial charge in [0.05, 0.1) is 5.69 Å². The van der Waals surface area contributed by atoms with E-state index in [0.29, 0.717) is 16.7 Å². The Labute approximate surface area is 182 Å². The second kappa shape index (κ2) is 8.50. The topological polar surface area (TPSA) is 158 Å². The number of pyridine rings is 1. The third-order valence-corrected chi connectivity index (χ3v) is 4.93. The molecule has 0 radical (unpaired) electrons. The Hall–Kier alpha value is -4.83. The molecule has 4 rings (SSSR count). The van der Waals surface area contributed by atoms with Crippen molar-refractivity contribution in [2.24, 2.45) is 4.99 Å². The number of nitrogens with one attached hydrogen (secondary N) is 2. The first-order valence-electron chi connectivity index (χ1n) is 9.47. The smallest absolute Gasteiger partial charge is 0.211 e. The highest BCUT2D eigenvalue weighted by molar-refractivity contribution is 5.98. The van der Waals surface area contributed by atoms with E-state index in [2.05, 4.69) is 20.6 Å². The molecule has 1 aliphatic rings. The van der Waals surface area contributed by atoms with Crippen molar-refractivity contribution in [1.82, 2.24) is 10.3 Å². The predicted molar refractivity (Wildman–Crippen MR) is 117 cm³/mol. The minimum Gasteiger partial charge on any atom is -0.486 e. The number of para-hydroxylation sites is 1. The number of nitriles is 2. The molecule has 2 heterocycles. The zero-order valence-corrected chi connectivity index (χ0v) is 16.6. The summed E-state index contributed by atoms with van der Waals surface area (Å²) in [5.41, 5.74) is 14.2. The van der Waals surface area contributed by atoms with Crippen molar-refractivity contribution in [3.8, 4) is 18.0 Å². The molecule has 0 spiro atoms. The molecule has 3 aromatic rings. The summed E-state index contributed by atoms with van der Waals surface area (Å²) < 4.78 is 19.7. The third kappa shape index (κ3) is 3.68. The van der Waals surface area contributed by atoms with Gasteiger partial charge in [-0.25, -0.2) is 14.4 Å². The molecule has 10 heteroatoms. The number of rotatable bonds is 4. The molecule has 0 saturated carbocycles. The molecular formula is C22H17FN8O. The molecule has 0 saturated heterocycles. The van der Waals surface area contributed by atoms with Crippen molar-refractivity contribution in [2.75, 3.05) is 16.8 Å². The Balaban J connectivity index is 1.81. The highest BCUT2D eigenvalue weighted by Gasteiger charge is 2.30. The van der Waals surface area contributed by atoms with Gasteiger partial charge in [0.2, 0.25) is 5.96 Å². The van der Waals surface area contributed by atoms with E-state index < -0.39 is 11.9 Å². The van der Waals surface area contributed by atoms with Crippen LogP contribution in [0.5, 0.6) is 5.75 Å². The Morgan fingerprint density at radius 2 is 1.88 bits per heavy atom. The average molecular weight is 428 g/mol. The van der Waals surface area contributed by atoms with Crippen molar-refractivity contribution in [1.29, 1.82) is 10.5 Å². The van der Waals surface area contributed by atoms with Crippen LogP contribution in [0.4, 0.5) is 21.7 Å². The van der Waals surface area contributed by atoms with Gasteiger partial charge in [-0.05, 0) is 23.3 Å². The Morgan fingerprint density at radius 3 is 2.62 bits per heavy atom. The van der Waals surface area contributed by atoms with Crippen molar-refractivity contribution < 1.29 is 9.13 Å². The van der Waals surface area contributed by atoms with Crippen molar-refractivity contribution in [3.05, 3.63) is 76.6 Å². The van der Waals surface area contributed by atoms with Crippen molar-refractivity contribution in [2.45, 2.75) is 12.6 Å². The van der Waals surface area contributed by atoms with Crippen LogP contribution in [0.1, 0.15) is 28.3 Å². The molecule has 0 aliphatic carbocycles. The molecule has 6 N–H and O–H groups in total. The third-order valence-electron chi connectivity index (χ3n) is 4.93. The zero-order valence-electron chi connectivity index (χ0n) is 16.6. The highest BCUT2D eigenvalue weighted by Crippen LogP contribution is 2.41. The van der Waals surface area contributed by atoms with Gasteiger partial charge < -0.3 is 21.5 Å². The lowest BCUT2D eigenvalue weighted by atomic mass is 9.92. The van der Waals surface area contributed by atoms with Crippen LogP contribution < -0.4 is 26.8 Å². The fraction of sp³-hybridized carbons (Fsp3) is 0.0909. The number of ether oxygens (including phenoxy) is 1. The number of nitrogens with two attached hydrogens (primary N) is 2. The minimum absolute atomic E-state index is 0.0376. The lowest BCUT2D eigenvalue weighted by Gasteiger charge is -2.27. The molecule has 1 unspecified atom stereocenters. The first kappa shape index (κ1) is 20.4. The highest BCUT2D eigenvalue weighted by atomic mass is 19.1. The Bertz CT molecular complexity index is 1310. The summed E-state index contributed by atoms with van der Waals surface area (Å²) in [5, 5.41) is 23.8. The summed E-state index contributed by atoms with van der Waals surface area (Å²) in [7, 11) is 0. The van der Waals surface area contributed by atoms with E-state index in [1.165, 1.54) is 12.1 Å². The molecule has 158 valence electrons. The van der Waals surface area contributed by atoms with Gasteiger partial charge >= 0.3 is 0 Å². The summed E-state index contributed by atoms with van der Waals surface area (Å²) in [6.45, 7) is 0.0559. The van der Waals surface area contributed by atoms with Gasteiger partial charge in [0.1, 0.15) is 35.9 Å². The second-order valence-corrected chi connectivity index (χ2v) is 6.82. The van der Waals surface area contributed by atoms with E-state index in [9.17, 15) is 9.65 Å². The number of nitrogen functional groups attached to an aromatic ring is 2. The Kier molecular flexibility index (Phi) is 5.43. The normalized spacial score (nSPS) is 14.2. The van der Waals surface area contributed by atoms with Crippen molar-refractivity contribution in [3.63, 3.8) is 0 Å². The van der Waals surface area contributed by atoms with Gasteiger partial charge in [0.15, 0.2) is 17.8 Å². The summed E-state index contributed by atoms with van der Waals surface area (Å²) in [6.07, 6.45) is 1.81. The number of fused-ring (bicyclic) bond motifs is 1. The molecule has 1 aromatic heterocycles. The maximum absolute atomic E-state index is 14.0. The number of nitrogens with zero attached hydrogens (tertiary/aromatic N) is 4. The SMILES string of the molecule is N#CNC1=NC(c2ccccc2COc2ccccc2F)c2c(nc(N)c(C#N)c2N)N1. The minimum atomic E-state index is -0.720. The number of anilines is 3. The first-order chi connectivity index (χ1) is 15.5. The van der Waals surface area contributed by atoms with Crippen LogP contribution >= 0.6 is 0 Å². The van der Waals surface area contributed by atoms with Crippen LogP contribution in [0.15, 0.2) is 53.5 Å². The number of aliphatic imine (C=N–C) groups is 1. The number of benzene rings is 2. The van der Waals surface area contributed by atoms with Crippen LogP contribution in [0.25, 0.3) is 0 Å². The van der Waals surface area contributed by atoms with E-state index in [4.69, 9.17) is 21.5 Å². The molecule has 32 heavy (non-hydrogen) atoms. The Morgan fingerprint density at radius 1 is 1.12 bits per heavy atom. The molecule has 0 bridgehead atoms. The molecule has 1 aliphatic heterocycles. The summed E-state index contributed by atoms with van der Waals surface area (Å²) in [6, 6.07) is 14.6. The average Bonchev–Trinajstić information content (AvgIpc) is 2.78. The standard InChI is InChI=1S/C22H17FN8O/c23-15-7-3-4-8-16(15)32-10-12-5-1-2-6-13(12)19-17-18(26)14(9-24)20(27)30-21(17)31-22(29-19)28-11-25/h1-8,19H,10H2,(H6,26,27,28,29,30,31). The van der Waals surface area contributed by atoms with Gasteiger partial charge in [-0.15, -0.1) is 0 Å². The molecule has 0 amide bonds. The number of guanidine groups is 1. The molecule has 0 fully saturated rings. The number of halogens is 1. The molecule has 1 atom stereocenters. The van der Waals surface area contributed by atoms with E-state index in [1.54, 1.807) is 12.1 Å². The van der Waals surface area contributed by atoms with Gasteiger partial charge in [-0.2, -0.15) is 10.5 Å². The lowest BCUT2D eigenvalue weighted by molar-refractivity contribution is 0.289. The number of aromatic nitrogens is 1. The van der Waals surface area contributed by atoms with Gasteiger partial charge in [0.25, 0.3) is 0 Å². The largest absolute Gasteiger partial charge is 0.486 e. The zero-order chi connectivity index (χ0) is 22.7. The van der Waals surface area contributed by atoms with Crippen molar-refractivity contribution >= 4 is 23.3 Å². The summed E-state index contributed by atoms with van der Waals surface area (Å²) in [4.78, 5) is 8.80. The van der Waals surface area contributed by atoms with E-state index in [0.717, 1.165) is 0 Å². The summed E-state index contributed by atoms with van der Waals surface area (Å²) in [5.74, 6) is 0.0270. The quantitative estimate of drug-likeness (QED) is 0.365. The fourth-order valence-corrected chi connectivity index (χ4v) is 3.46. The van der Waals surface area contributed by atoms with E-state index in [1.807, 2.05) is 36.5 Å². The molecule has 9 nitrogen and oxygen atoms in total. The number of hydrogen-bond donors (Lipinski definition) is 4. The van der Waals surface area contributed by atoms with Crippen LogP contribution in [-0.2, 0) is 6.61 Å². The van der Waals surface area contributed by atoms with Gasteiger partial charge in [0, 0.05) is 5.56 Å². The lowest BCUT2D eigenvalue weighted by Crippen LogP contribution is -2.33. The molecule has 2 aromatic carbocycles. The summed E-state index contributed by atoms with van der Waals surface area (Å²) >= 11 is 0. The predicted octanol–water partition coefficient (Wildman–Crippen LogP) is 2.78. The van der Waals surface area contributed by atoms with Crippen LogP contribution in [-0.4, -0.2) is 10.9 Å². The van der Waals surface area contributed by atoms with Crippen LogP contribution in [0.3, 0.4) is 0 Å². The maximum Gasteiger partial charge on any atom is 0.211 e. The first-order valence-corrected chi connectivity index (χ1v) is 9.47. The van der Waals surface area contributed by atoms with E-state index in [-0.39, 0.29) is 41.2 Å². The number of hydrogen-bond acceptors (Lipinski definition) is 9. The second-order valence-electron chi connectivity index (χ2n) is 6.82. The van der Waals surface area contributed by atoms with Gasteiger partial charge in [-0.1, -0.05) is 36.4 Å². The van der Waals surface area contributed by atoms with Crippen LogP contribution in [0, 0.1) is 28.6 Å². The van der Waals surface area contributed by atoms with Gasteiger partial charge in [-0.3, -0.25) is 5.32 Å². The molecular weight excluding hydrogens is 411 g/mol.